The molecule has 116 valence electrons. The third-order valence-electron chi connectivity index (χ3n) is 3.00. The zero-order valence-corrected chi connectivity index (χ0v) is 12.7. The highest BCUT2D eigenvalue weighted by atomic mass is 79.9. The molecular formula is C11H12BrF3N4O2. The number of alkyl halides is 3. The standard InChI is InChI=1S/C11H12BrF3N4O2/c1-6-3-10(21,11(13,14)15)19(16-6)9(20)5-18-4-8(12)7(2)17-18/h4,21H,3,5H2,1-2H3/t10-/m1/s1. The van der Waals surface area contributed by atoms with Crippen molar-refractivity contribution in [2.24, 2.45) is 5.10 Å². The number of hydrogen-bond acceptors (Lipinski definition) is 4. The second-order valence-electron chi connectivity index (χ2n) is 4.79. The second-order valence-corrected chi connectivity index (χ2v) is 5.65. The molecule has 10 heteroatoms. The van der Waals surface area contributed by atoms with E-state index in [4.69, 9.17) is 0 Å². The first-order chi connectivity index (χ1) is 9.54. The first kappa shape index (κ1) is 16.0. The lowest BCUT2D eigenvalue weighted by molar-refractivity contribution is -0.302. The highest BCUT2D eigenvalue weighted by Crippen LogP contribution is 2.40. The minimum atomic E-state index is -5.00. The average Bonchev–Trinajstić information content (AvgIpc) is 2.79. The fraction of sp³-hybridized carbons (Fsp3) is 0.545. The van der Waals surface area contributed by atoms with Crippen LogP contribution in [0.3, 0.4) is 0 Å². The summed E-state index contributed by atoms with van der Waals surface area (Å²) in [5.41, 5.74) is -2.68. The van der Waals surface area contributed by atoms with Crippen LogP contribution in [0.4, 0.5) is 13.2 Å². The van der Waals surface area contributed by atoms with Crippen LogP contribution < -0.4 is 0 Å². The molecule has 1 atom stereocenters. The molecule has 0 radical (unpaired) electrons. The van der Waals surface area contributed by atoms with E-state index in [1.54, 1.807) is 6.92 Å². The van der Waals surface area contributed by atoms with Crippen LogP contribution in [-0.2, 0) is 11.3 Å². The lowest BCUT2D eigenvalue weighted by Crippen LogP contribution is -2.57. The molecule has 0 saturated carbocycles. The number of hydrazone groups is 1. The molecule has 1 aliphatic heterocycles. The first-order valence-electron chi connectivity index (χ1n) is 5.90. The Balaban J connectivity index is 2.24. The van der Waals surface area contributed by atoms with E-state index < -0.39 is 30.8 Å². The van der Waals surface area contributed by atoms with E-state index in [0.29, 0.717) is 10.2 Å². The van der Waals surface area contributed by atoms with Gasteiger partial charge in [-0.2, -0.15) is 28.4 Å². The predicted octanol–water partition coefficient (Wildman–Crippen LogP) is 1.81. The molecule has 0 unspecified atom stereocenters. The van der Waals surface area contributed by atoms with Gasteiger partial charge in [0.1, 0.15) is 6.54 Å². The Labute approximate surface area is 126 Å². The Hall–Kier alpha value is -1.42. The highest BCUT2D eigenvalue weighted by molar-refractivity contribution is 9.10. The molecule has 6 nitrogen and oxygen atoms in total. The van der Waals surface area contributed by atoms with Crippen LogP contribution in [0.2, 0.25) is 0 Å². The van der Waals surface area contributed by atoms with Gasteiger partial charge in [0.2, 0.25) is 0 Å². The van der Waals surface area contributed by atoms with Crippen molar-refractivity contribution in [3.8, 4) is 0 Å². The van der Waals surface area contributed by atoms with Crippen LogP contribution in [0, 0.1) is 6.92 Å². The molecule has 0 bridgehead atoms. The Morgan fingerprint density at radius 1 is 1.52 bits per heavy atom. The zero-order valence-electron chi connectivity index (χ0n) is 11.1. The molecule has 0 saturated heterocycles. The van der Waals surface area contributed by atoms with Crippen LogP contribution in [0.5, 0.6) is 0 Å². The summed E-state index contributed by atoms with van der Waals surface area (Å²) in [5.74, 6) is -0.998. The van der Waals surface area contributed by atoms with Crippen LogP contribution in [-0.4, -0.2) is 43.4 Å². The van der Waals surface area contributed by atoms with Gasteiger partial charge in [0.05, 0.1) is 10.2 Å². The molecule has 1 aromatic rings. The normalized spacial score (nSPS) is 22.6. The lowest BCUT2D eigenvalue weighted by atomic mass is 10.1. The van der Waals surface area contributed by atoms with Crippen LogP contribution in [0.15, 0.2) is 15.8 Å². The van der Waals surface area contributed by atoms with Crippen molar-refractivity contribution < 1.29 is 23.1 Å². The van der Waals surface area contributed by atoms with Crippen molar-refractivity contribution >= 4 is 27.5 Å². The third kappa shape index (κ3) is 2.82. The van der Waals surface area contributed by atoms with Crippen LogP contribution in [0.1, 0.15) is 19.0 Å². The average molecular weight is 369 g/mol. The summed E-state index contributed by atoms with van der Waals surface area (Å²) in [6.07, 6.45) is -4.29. The van der Waals surface area contributed by atoms with E-state index in [2.05, 4.69) is 26.1 Å². The monoisotopic (exact) mass is 368 g/mol. The largest absolute Gasteiger partial charge is 0.438 e. The number of nitrogens with zero attached hydrogens (tertiary/aromatic N) is 4. The van der Waals surface area contributed by atoms with Crippen molar-refractivity contribution in [1.82, 2.24) is 14.8 Å². The van der Waals surface area contributed by atoms with Gasteiger partial charge in [-0.05, 0) is 29.8 Å². The van der Waals surface area contributed by atoms with Crippen molar-refractivity contribution in [3.05, 3.63) is 16.4 Å². The molecule has 0 aromatic carbocycles. The fourth-order valence-electron chi connectivity index (χ4n) is 1.98. The molecule has 0 aliphatic carbocycles. The Morgan fingerprint density at radius 2 is 2.14 bits per heavy atom. The maximum atomic E-state index is 13.0. The topological polar surface area (TPSA) is 70.7 Å². The maximum Gasteiger partial charge on any atom is 0.438 e. The number of rotatable bonds is 2. The van der Waals surface area contributed by atoms with Gasteiger partial charge in [-0.1, -0.05) is 0 Å². The van der Waals surface area contributed by atoms with Crippen LogP contribution >= 0.6 is 15.9 Å². The number of aliphatic hydroxyl groups is 1. The number of aromatic nitrogens is 2. The number of hydrogen-bond donors (Lipinski definition) is 1. The van der Waals surface area contributed by atoms with E-state index in [9.17, 15) is 23.1 Å². The smallest absolute Gasteiger partial charge is 0.362 e. The summed E-state index contributed by atoms with van der Waals surface area (Å²) in [7, 11) is 0. The summed E-state index contributed by atoms with van der Waals surface area (Å²) in [5, 5.41) is 17.4. The van der Waals surface area contributed by atoms with Gasteiger partial charge in [-0.25, -0.2) is 0 Å². The number of carbonyl (C=O) groups is 1. The maximum absolute atomic E-state index is 13.0. The SMILES string of the molecule is CC1=NN(C(=O)Cn2cc(Br)c(C)n2)[C@](O)(C(F)(F)F)C1. The lowest BCUT2D eigenvalue weighted by Gasteiger charge is -2.32. The van der Waals surface area contributed by atoms with Crippen LogP contribution in [0.25, 0.3) is 0 Å². The predicted molar refractivity (Wildman–Crippen MR) is 70.2 cm³/mol. The minimum absolute atomic E-state index is 0.0287. The summed E-state index contributed by atoms with van der Waals surface area (Å²) in [6.45, 7) is 2.54. The van der Waals surface area contributed by atoms with E-state index in [-0.39, 0.29) is 10.7 Å². The van der Waals surface area contributed by atoms with Crippen molar-refractivity contribution in [2.75, 3.05) is 0 Å². The van der Waals surface area contributed by atoms with Gasteiger partial charge >= 0.3 is 6.18 Å². The second kappa shape index (κ2) is 5.09. The number of aryl methyl sites for hydroxylation is 1. The van der Waals surface area contributed by atoms with E-state index >= 15 is 0 Å². The van der Waals surface area contributed by atoms with E-state index in [1.165, 1.54) is 17.8 Å². The molecular weight excluding hydrogens is 357 g/mol. The van der Waals surface area contributed by atoms with Crippen molar-refractivity contribution in [2.45, 2.75) is 38.7 Å². The molecule has 1 amide bonds. The Morgan fingerprint density at radius 3 is 2.62 bits per heavy atom. The summed E-state index contributed by atoms with van der Waals surface area (Å²) >= 11 is 3.19. The fourth-order valence-corrected chi connectivity index (χ4v) is 2.30. The minimum Gasteiger partial charge on any atom is -0.362 e. The Bertz CT molecular complexity index is 594. The Kier molecular flexibility index (Phi) is 3.87. The van der Waals surface area contributed by atoms with E-state index in [1.807, 2.05) is 0 Å². The van der Waals surface area contributed by atoms with Crippen molar-refractivity contribution in [3.63, 3.8) is 0 Å². The van der Waals surface area contributed by atoms with Gasteiger partial charge < -0.3 is 5.11 Å². The summed E-state index contributed by atoms with van der Waals surface area (Å²) < 4.78 is 40.8. The summed E-state index contributed by atoms with van der Waals surface area (Å²) in [6, 6.07) is 0. The van der Waals surface area contributed by atoms with Gasteiger partial charge in [0, 0.05) is 18.3 Å². The molecule has 1 aromatic heterocycles. The van der Waals surface area contributed by atoms with E-state index in [0.717, 1.165) is 0 Å². The molecule has 0 fully saturated rings. The summed E-state index contributed by atoms with van der Waals surface area (Å²) in [4.78, 5) is 12.0. The zero-order chi connectivity index (χ0) is 16.0. The first-order valence-corrected chi connectivity index (χ1v) is 6.69. The highest BCUT2D eigenvalue weighted by Gasteiger charge is 2.62. The van der Waals surface area contributed by atoms with Gasteiger partial charge in [-0.3, -0.25) is 9.48 Å². The number of amides is 1. The van der Waals surface area contributed by atoms with Gasteiger partial charge in [-0.15, -0.1) is 0 Å². The molecule has 0 spiro atoms. The molecule has 2 heterocycles. The molecule has 1 aliphatic rings. The third-order valence-corrected chi connectivity index (χ3v) is 3.78. The molecule has 1 N–H and O–H groups in total. The molecule has 21 heavy (non-hydrogen) atoms. The van der Waals surface area contributed by atoms with Gasteiger partial charge in [0.15, 0.2) is 0 Å². The van der Waals surface area contributed by atoms with Gasteiger partial charge in [0.25, 0.3) is 11.6 Å². The quantitative estimate of drug-likeness (QED) is 0.865. The number of carbonyl (C=O) groups excluding carboxylic acids is 1. The molecule has 2 rings (SSSR count). The number of halogens is 4. The van der Waals surface area contributed by atoms with Crippen molar-refractivity contribution in [1.29, 1.82) is 0 Å².